The summed E-state index contributed by atoms with van der Waals surface area (Å²) >= 11 is 0. The first kappa shape index (κ1) is 21.0. The summed E-state index contributed by atoms with van der Waals surface area (Å²) in [5.41, 5.74) is 1.81. The monoisotopic (exact) mass is 420 g/mol. The summed E-state index contributed by atoms with van der Waals surface area (Å²) in [4.78, 5) is 34.7. The van der Waals surface area contributed by atoms with Crippen molar-refractivity contribution >= 4 is 28.6 Å². The molecule has 31 heavy (non-hydrogen) atoms. The van der Waals surface area contributed by atoms with Crippen LogP contribution in [0.4, 0.5) is 11.6 Å². The summed E-state index contributed by atoms with van der Waals surface area (Å²) in [6.45, 7) is 8.36. The van der Waals surface area contributed by atoms with Gasteiger partial charge in [0.05, 0.1) is 17.2 Å². The van der Waals surface area contributed by atoms with Crippen molar-refractivity contribution in [3.05, 3.63) is 48.5 Å². The quantitative estimate of drug-likeness (QED) is 0.560. The summed E-state index contributed by atoms with van der Waals surface area (Å²) in [5.74, 6) is 2.05. The van der Waals surface area contributed by atoms with Gasteiger partial charge >= 0.3 is 5.97 Å². The number of benzene rings is 1. The second kappa shape index (κ2) is 9.24. The predicted molar refractivity (Wildman–Crippen MR) is 120 cm³/mol. The highest BCUT2D eigenvalue weighted by atomic mass is 16.5. The predicted octanol–water partition coefficient (Wildman–Crippen LogP) is 3.54. The van der Waals surface area contributed by atoms with E-state index in [2.05, 4.69) is 31.7 Å². The zero-order chi connectivity index (χ0) is 21.8. The molecule has 0 N–H and O–H groups in total. The number of esters is 1. The second-order valence-corrected chi connectivity index (χ2v) is 7.86. The van der Waals surface area contributed by atoms with E-state index in [1.54, 1.807) is 6.20 Å². The van der Waals surface area contributed by atoms with Crippen LogP contribution in [0.15, 0.2) is 42.7 Å². The lowest BCUT2D eigenvalue weighted by molar-refractivity contribution is -0.149. The van der Waals surface area contributed by atoms with Crippen LogP contribution in [0.25, 0.3) is 11.0 Å². The lowest BCUT2D eigenvalue weighted by Crippen LogP contribution is -2.52. The molecule has 1 aliphatic heterocycles. The van der Waals surface area contributed by atoms with E-state index in [1.165, 1.54) is 0 Å². The summed E-state index contributed by atoms with van der Waals surface area (Å²) in [7, 11) is 0. The summed E-state index contributed by atoms with van der Waals surface area (Å²) in [6.07, 6.45) is 4.28. The number of carbonyl (C=O) groups excluding carboxylic acids is 1. The standard InChI is InChI=1S/C23H28N6O2/c1-4-7-22(30)31-17(3)23-24-11-10-20(27-23)28-12-13-29(16(2)15-28)21-14-25-18-8-5-6-9-19(18)26-21/h5-6,8-11,14,16-17H,4,7,12-13,15H2,1-3H3/t16-,17+/m0/s1. The fourth-order valence-corrected chi connectivity index (χ4v) is 3.84. The fraction of sp³-hybridized carbons (Fsp3) is 0.435. The molecule has 3 heterocycles. The van der Waals surface area contributed by atoms with Crippen LogP contribution in [0.3, 0.4) is 0 Å². The van der Waals surface area contributed by atoms with E-state index in [0.29, 0.717) is 12.2 Å². The third-order valence-corrected chi connectivity index (χ3v) is 5.47. The SMILES string of the molecule is CCCC(=O)O[C@H](C)c1nccc(N2CCN(c3cnc4ccccc4n3)[C@@H](C)C2)n1. The highest BCUT2D eigenvalue weighted by Gasteiger charge is 2.26. The van der Waals surface area contributed by atoms with Gasteiger partial charge in [-0.1, -0.05) is 19.1 Å². The van der Waals surface area contributed by atoms with Crippen LogP contribution in [0, 0.1) is 0 Å². The molecule has 0 amide bonds. The van der Waals surface area contributed by atoms with E-state index in [-0.39, 0.29) is 12.0 Å². The van der Waals surface area contributed by atoms with Crippen molar-refractivity contribution in [2.24, 2.45) is 0 Å². The molecule has 1 aliphatic rings. The molecule has 1 fully saturated rings. The van der Waals surface area contributed by atoms with Crippen molar-refractivity contribution in [3.63, 3.8) is 0 Å². The topological polar surface area (TPSA) is 84.3 Å². The highest BCUT2D eigenvalue weighted by molar-refractivity contribution is 5.75. The number of fused-ring (bicyclic) bond motifs is 1. The first-order chi connectivity index (χ1) is 15.0. The molecule has 0 aliphatic carbocycles. The van der Waals surface area contributed by atoms with Crippen molar-refractivity contribution in [3.8, 4) is 0 Å². The lowest BCUT2D eigenvalue weighted by Gasteiger charge is -2.41. The Morgan fingerprint density at radius 2 is 1.94 bits per heavy atom. The van der Waals surface area contributed by atoms with Gasteiger partial charge in [-0.3, -0.25) is 9.78 Å². The van der Waals surface area contributed by atoms with Crippen LogP contribution in [0.1, 0.15) is 45.5 Å². The molecule has 0 bridgehead atoms. The molecular weight excluding hydrogens is 392 g/mol. The van der Waals surface area contributed by atoms with Gasteiger partial charge < -0.3 is 14.5 Å². The molecule has 0 saturated carbocycles. The summed E-state index contributed by atoms with van der Waals surface area (Å²) < 4.78 is 5.44. The molecule has 2 atom stereocenters. The number of rotatable bonds is 6. The molecule has 8 nitrogen and oxygen atoms in total. The van der Waals surface area contributed by atoms with E-state index >= 15 is 0 Å². The minimum Gasteiger partial charge on any atom is -0.454 e. The van der Waals surface area contributed by atoms with Crippen molar-refractivity contribution in [1.29, 1.82) is 0 Å². The summed E-state index contributed by atoms with van der Waals surface area (Å²) in [6, 6.07) is 10.1. The normalized spacial score (nSPS) is 17.6. The minimum atomic E-state index is -0.467. The van der Waals surface area contributed by atoms with Gasteiger partial charge in [0.25, 0.3) is 0 Å². The Kier molecular flexibility index (Phi) is 6.25. The molecule has 4 rings (SSSR count). The minimum absolute atomic E-state index is 0.220. The van der Waals surface area contributed by atoms with E-state index in [4.69, 9.17) is 9.72 Å². The number of carbonyl (C=O) groups is 1. The zero-order valence-electron chi connectivity index (χ0n) is 18.2. The maximum atomic E-state index is 11.8. The van der Waals surface area contributed by atoms with Gasteiger partial charge in [0.1, 0.15) is 11.6 Å². The van der Waals surface area contributed by atoms with Gasteiger partial charge in [-0.05, 0) is 38.5 Å². The van der Waals surface area contributed by atoms with Gasteiger partial charge in [0, 0.05) is 38.3 Å². The van der Waals surface area contributed by atoms with E-state index in [0.717, 1.165) is 48.7 Å². The maximum Gasteiger partial charge on any atom is 0.306 e. The van der Waals surface area contributed by atoms with Crippen LogP contribution >= 0.6 is 0 Å². The molecule has 1 saturated heterocycles. The number of hydrogen-bond acceptors (Lipinski definition) is 8. The van der Waals surface area contributed by atoms with Gasteiger partial charge in [0.2, 0.25) is 0 Å². The Bertz CT molecular complexity index is 1060. The molecular formula is C23H28N6O2. The largest absolute Gasteiger partial charge is 0.454 e. The van der Waals surface area contributed by atoms with Gasteiger partial charge in [-0.25, -0.2) is 15.0 Å². The average molecular weight is 421 g/mol. The Hall–Kier alpha value is -3.29. The Morgan fingerprint density at radius 3 is 2.71 bits per heavy atom. The number of anilines is 2. The third-order valence-electron chi connectivity index (χ3n) is 5.47. The molecule has 8 heteroatoms. The molecule has 2 aromatic heterocycles. The number of nitrogens with zero attached hydrogens (tertiary/aromatic N) is 6. The van der Waals surface area contributed by atoms with Crippen LogP contribution in [0.5, 0.6) is 0 Å². The van der Waals surface area contributed by atoms with Crippen LogP contribution < -0.4 is 9.80 Å². The van der Waals surface area contributed by atoms with Gasteiger partial charge in [0.15, 0.2) is 11.9 Å². The Balaban J connectivity index is 1.45. The van der Waals surface area contributed by atoms with Crippen molar-refractivity contribution in [2.45, 2.75) is 45.8 Å². The average Bonchev–Trinajstić information content (AvgIpc) is 2.79. The van der Waals surface area contributed by atoms with Crippen LogP contribution in [-0.2, 0) is 9.53 Å². The first-order valence-electron chi connectivity index (χ1n) is 10.8. The van der Waals surface area contributed by atoms with E-state index < -0.39 is 6.10 Å². The number of aromatic nitrogens is 4. The van der Waals surface area contributed by atoms with Crippen molar-refractivity contribution < 1.29 is 9.53 Å². The Labute approximate surface area is 182 Å². The zero-order valence-corrected chi connectivity index (χ0v) is 18.2. The van der Waals surface area contributed by atoms with E-state index in [9.17, 15) is 4.79 Å². The molecule has 162 valence electrons. The molecule has 0 radical (unpaired) electrons. The number of hydrogen-bond donors (Lipinski definition) is 0. The number of para-hydroxylation sites is 2. The fourth-order valence-electron chi connectivity index (χ4n) is 3.84. The number of piperazine rings is 1. The van der Waals surface area contributed by atoms with Crippen LogP contribution in [-0.4, -0.2) is 51.6 Å². The smallest absolute Gasteiger partial charge is 0.306 e. The maximum absolute atomic E-state index is 11.8. The van der Waals surface area contributed by atoms with Gasteiger partial charge in [-0.15, -0.1) is 0 Å². The highest BCUT2D eigenvalue weighted by Crippen LogP contribution is 2.24. The van der Waals surface area contributed by atoms with Gasteiger partial charge in [-0.2, -0.15) is 0 Å². The summed E-state index contributed by atoms with van der Waals surface area (Å²) in [5, 5.41) is 0. The molecule has 0 spiro atoms. The van der Waals surface area contributed by atoms with Crippen LogP contribution in [0.2, 0.25) is 0 Å². The molecule has 3 aromatic rings. The molecule has 0 unspecified atom stereocenters. The van der Waals surface area contributed by atoms with Crippen molar-refractivity contribution in [2.75, 3.05) is 29.4 Å². The first-order valence-corrected chi connectivity index (χ1v) is 10.8. The third kappa shape index (κ3) is 4.73. The van der Waals surface area contributed by atoms with Crippen molar-refractivity contribution in [1.82, 2.24) is 19.9 Å². The number of ether oxygens (including phenoxy) is 1. The molecule has 1 aromatic carbocycles. The second-order valence-electron chi connectivity index (χ2n) is 7.86. The van der Waals surface area contributed by atoms with E-state index in [1.807, 2.05) is 50.4 Å². The lowest BCUT2D eigenvalue weighted by atomic mass is 10.2. The Morgan fingerprint density at radius 1 is 1.13 bits per heavy atom.